The highest BCUT2D eigenvalue weighted by molar-refractivity contribution is 9.10. The molecule has 30 heavy (non-hydrogen) atoms. The smallest absolute Gasteiger partial charge is 0.383 e. The molecule has 0 saturated carbocycles. The average Bonchev–Trinajstić information content (AvgIpc) is 3.02. The van der Waals surface area contributed by atoms with E-state index < -0.39 is 23.4 Å². The number of hydrogen-bond acceptors (Lipinski definition) is 6. The van der Waals surface area contributed by atoms with E-state index in [1.54, 1.807) is 37.3 Å². The Morgan fingerprint density at radius 3 is 2.70 bits per heavy atom. The molecule has 10 heteroatoms. The summed E-state index contributed by atoms with van der Waals surface area (Å²) in [5.41, 5.74) is 0.338. The van der Waals surface area contributed by atoms with Gasteiger partial charge in [-0.2, -0.15) is 0 Å². The SMILES string of the molecule is CCOC(=O)c1c([O-])n(N=Cc2cccc(F)c2)n[n+]1CC(=O)c1ccc(Br)cc1. The van der Waals surface area contributed by atoms with Gasteiger partial charge in [0.15, 0.2) is 12.4 Å². The van der Waals surface area contributed by atoms with Crippen molar-refractivity contribution >= 4 is 33.9 Å². The van der Waals surface area contributed by atoms with Gasteiger partial charge in [0, 0.05) is 10.0 Å². The van der Waals surface area contributed by atoms with Crippen LogP contribution < -0.4 is 9.79 Å². The number of Topliss-reactive ketones (excluding diaryl/α,β-unsaturated/α-hetero) is 1. The number of carbonyl (C=O) groups is 2. The molecule has 0 aliphatic heterocycles. The molecule has 2 aromatic carbocycles. The lowest BCUT2D eigenvalue weighted by Crippen LogP contribution is -2.45. The third kappa shape index (κ3) is 4.95. The molecule has 0 bridgehead atoms. The molecule has 1 heterocycles. The summed E-state index contributed by atoms with van der Waals surface area (Å²) in [6.07, 6.45) is 1.22. The normalized spacial score (nSPS) is 11.0. The van der Waals surface area contributed by atoms with Crippen molar-refractivity contribution in [1.29, 1.82) is 0 Å². The summed E-state index contributed by atoms with van der Waals surface area (Å²) in [4.78, 5) is 25.5. The minimum atomic E-state index is -0.918. The lowest BCUT2D eigenvalue weighted by atomic mass is 10.1. The van der Waals surface area contributed by atoms with Crippen LogP contribution in [0.25, 0.3) is 0 Å². The predicted octanol–water partition coefficient (Wildman–Crippen LogP) is 2.09. The van der Waals surface area contributed by atoms with E-state index in [-0.39, 0.29) is 18.9 Å². The van der Waals surface area contributed by atoms with Crippen molar-refractivity contribution in [2.75, 3.05) is 6.61 Å². The van der Waals surface area contributed by atoms with Crippen LogP contribution in [-0.4, -0.2) is 34.6 Å². The summed E-state index contributed by atoms with van der Waals surface area (Å²) in [6.45, 7) is 1.26. The first-order valence-corrected chi connectivity index (χ1v) is 9.64. The number of aromatic nitrogens is 3. The lowest BCUT2D eigenvalue weighted by Gasteiger charge is -2.03. The lowest BCUT2D eigenvalue weighted by molar-refractivity contribution is -0.745. The summed E-state index contributed by atoms with van der Waals surface area (Å²) < 4.78 is 20.0. The van der Waals surface area contributed by atoms with E-state index in [1.165, 1.54) is 24.4 Å². The number of hydrogen-bond donors (Lipinski definition) is 0. The van der Waals surface area contributed by atoms with Gasteiger partial charge in [-0.05, 0) is 41.5 Å². The fourth-order valence-corrected chi connectivity index (χ4v) is 2.81. The van der Waals surface area contributed by atoms with Crippen molar-refractivity contribution < 1.29 is 28.5 Å². The topological polar surface area (TPSA) is 100 Å². The zero-order valence-electron chi connectivity index (χ0n) is 15.8. The molecule has 0 aliphatic carbocycles. The van der Waals surface area contributed by atoms with Crippen LogP contribution in [-0.2, 0) is 11.3 Å². The number of carbonyl (C=O) groups excluding carboxylic acids is 2. The molecule has 3 aromatic rings. The number of ketones is 1. The van der Waals surface area contributed by atoms with Crippen molar-refractivity contribution in [3.63, 3.8) is 0 Å². The Bertz CT molecular complexity index is 1110. The largest absolute Gasteiger partial charge is 0.836 e. The Hall–Kier alpha value is -3.40. The van der Waals surface area contributed by atoms with Crippen LogP contribution >= 0.6 is 15.9 Å². The van der Waals surface area contributed by atoms with Gasteiger partial charge in [0.05, 0.1) is 12.8 Å². The molecule has 0 spiro atoms. The Labute approximate surface area is 179 Å². The molecular weight excluding hydrogens is 459 g/mol. The first-order valence-electron chi connectivity index (χ1n) is 8.85. The van der Waals surface area contributed by atoms with Gasteiger partial charge in [-0.3, -0.25) is 4.79 Å². The second-order valence-corrected chi connectivity index (χ2v) is 6.96. The third-order valence-corrected chi connectivity index (χ3v) is 4.46. The second-order valence-electron chi connectivity index (χ2n) is 6.04. The maximum atomic E-state index is 13.3. The Morgan fingerprint density at radius 2 is 2.03 bits per heavy atom. The molecule has 3 rings (SSSR count). The Balaban J connectivity index is 1.94. The van der Waals surface area contributed by atoms with Crippen LogP contribution in [0.2, 0.25) is 0 Å². The number of nitrogens with zero attached hydrogens (tertiary/aromatic N) is 4. The van der Waals surface area contributed by atoms with E-state index in [4.69, 9.17) is 4.74 Å². The summed E-state index contributed by atoms with van der Waals surface area (Å²) in [5.74, 6) is -2.61. The van der Waals surface area contributed by atoms with Crippen LogP contribution in [0.3, 0.4) is 0 Å². The second kappa shape index (κ2) is 9.40. The zero-order valence-corrected chi connectivity index (χ0v) is 17.4. The molecule has 0 amide bonds. The third-order valence-electron chi connectivity index (χ3n) is 3.93. The molecule has 0 radical (unpaired) electrons. The monoisotopic (exact) mass is 474 g/mol. The fourth-order valence-electron chi connectivity index (χ4n) is 2.54. The van der Waals surface area contributed by atoms with E-state index in [0.717, 1.165) is 9.15 Å². The summed E-state index contributed by atoms with van der Waals surface area (Å²) in [6, 6.07) is 12.2. The van der Waals surface area contributed by atoms with Gasteiger partial charge in [-0.15, -0.1) is 4.68 Å². The van der Waals surface area contributed by atoms with Crippen molar-refractivity contribution in [2.45, 2.75) is 13.5 Å². The highest BCUT2D eigenvalue weighted by Gasteiger charge is 2.29. The van der Waals surface area contributed by atoms with Gasteiger partial charge in [-0.1, -0.05) is 45.3 Å². The quantitative estimate of drug-likeness (QED) is 0.226. The number of ether oxygens (including phenoxy) is 1. The Kier molecular flexibility index (Phi) is 6.68. The van der Waals surface area contributed by atoms with Gasteiger partial charge >= 0.3 is 5.97 Å². The van der Waals surface area contributed by atoms with E-state index in [0.29, 0.717) is 15.9 Å². The van der Waals surface area contributed by atoms with Gasteiger partial charge in [0.1, 0.15) is 11.0 Å². The molecular formula is C20H16BrFN4O4. The molecule has 0 saturated heterocycles. The van der Waals surface area contributed by atoms with Crippen LogP contribution in [0.5, 0.6) is 5.88 Å². The van der Waals surface area contributed by atoms with E-state index in [1.807, 2.05) is 0 Å². The van der Waals surface area contributed by atoms with E-state index >= 15 is 0 Å². The standard InChI is InChI=1S/C20H16BrFN4O4/c1-2-30-20(29)18-19(28)26(23-11-13-4-3-5-16(22)10-13)24-25(18)12-17(27)14-6-8-15(21)9-7-14/h3-11H,2,12H2,1H3. The zero-order chi connectivity index (χ0) is 21.7. The molecule has 1 aromatic heterocycles. The van der Waals surface area contributed by atoms with Crippen LogP contribution in [0.1, 0.15) is 33.3 Å². The van der Waals surface area contributed by atoms with Crippen molar-refractivity contribution in [3.05, 3.63) is 75.6 Å². The van der Waals surface area contributed by atoms with Gasteiger partial charge in [0.25, 0.3) is 5.69 Å². The van der Waals surface area contributed by atoms with Crippen molar-refractivity contribution in [2.24, 2.45) is 5.10 Å². The molecule has 154 valence electrons. The van der Waals surface area contributed by atoms with Crippen LogP contribution in [0, 0.1) is 5.82 Å². The minimum absolute atomic E-state index is 0.0384. The van der Waals surface area contributed by atoms with Crippen molar-refractivity contribution in [1.82, 2.24) is 10.0 Å². The van der Waals surface area contributed by atoms with Crippen molar-refractivity contribution in [3.8, 4) is 5.88 Å². The molecule has 0 unspecified atom stereocenters. The number of esters is 1. The van der Waals surface area contributed by atoms with E-state index in [2.05, 4.69) is 26.2 Å². The first-order chi connectivity index (χ1) is 14.4. The van der Waals surface area contributed by atoms with Crippen LogP contribution in [0.15, 0.2) is 58.1 Å². The Morgan fingerprint density at radius 1 is 1.30 bits per heavy atom. The molecule has 8 nitrogen and oxygen atoms in total. The predicted molar refractivity (Wildman–Crippen MR) is 106 cm³/mol. The van der Waals surface area contributed by atoms with Gasteiger partial charge in [0.2, 0.25) is 5.78 Å². The number of benzene rings is 2. The molecule has 0 aliphatic rings. The first kappa shape index (κ1) is 21.3. The summed E-state index contributed by atoms with van der Waals surface area (Å²) in [5, 5.41) is 20.5. The average molecular weight is 475 g/mol. The maximum Gasteiger partial charge on any atom is 0.383 e. The summed E-state index contributed by atoms with van der Waals surface area (Å²) >= 11 is 3.29. The number of rotatable bonds is 7. The molecule has 0 N–H and O–H groups in total. The fraction of sp³-hybridized carbons (Fsp3) is 0.150. The van der Waals surface area contributed by atoms with Gasteiger partial charge < -0.3 is 9.84 Å². The molecule has 0 fully saturated rings. The molecule has 0 atom stereocenters. The van der Waals surface area contributed by atoms with Gasteiger partial charge in [-0.25, -0.2) is 9.18 Å². The maximum absolute atomic E-state index is 13.3. The highest BCUT2D eigenvalue weighted by atomic mass is 79.9. The van der Waals surface area contributed by atoms with E-state index in [9.17, 15) is 19.1 Å². The highest BCUT2D eigenvalue weighted by Crippen LogP contribution is 2.13. The number of halogens is 2. The summed E-state index contributed by atoms with van der Waals surface area (Å²) in [7, 11) is 0. The van der Waals surface area contributed by atoms with Crippen LogP contribution in [0.4, 0.5) is 4.39 Å². The minimum Gasteiger partial charge on any atom is -0.836 e.